The first-order valence-electron chi connectivity index (χ1n) is 8.37. The number of aromatic nitrogens is 2. The van der Waals surface area contributed by atoms with Crippen LogP contribution in [0.15, 0.2) is 45.7 Å². The molecule has 2 heterocycles. The lowest BCUT2D eigenvalue weighted by Gasteiger charge is -2.12. The molecule has 28 heavy (non-hydrogen) atoms. The number of thiophene rings is 1. The maximum Gasteiger partial charge on any atom is 0.416 e. The van der Waals surface area contributed by atoms with Crippen LogP contribution in [-0.4, -0.2) is 21.2 Å². The van der Waals surface area contributed by atoms with Crippen LogP contribution in [0.2, 0.25) is 0 Å². The van der Waals surface area contributed by atoms with Crippen molar-refractivity contribution in [1.29, 1.82) is 0 Å². The van der Waals surface area contributed by atoms with Crippen molar-refractivity contribution < 1.29 is 18.0 Å². The average molecular weight is 427 g/mol. The lowest BCUT2D eigenvalue weighted by atomic mass is 10.2. The van der Waals surface area contributed by atoms with E-state index in [1.807, 2.05) is 6.92 Å². The van der Waals surface area contributed by atoms with Gasteiger partial charge in [-0.15, -0.1) is 11.3 Å². The average Bonchev–Trinajstić information content (AvgIpc) is 3.11. The molecule has 2 aromatic heterocycles. The molecule has 0 aliphatic heterocycles. The van der Waals surface area contributed by atoms with Gasteiger partial charge in [0.25, 0.3) is 5.56 Å². The third-order valence-corrected chi connectivity index (χ3v) is 5.65. The molecule has 5 nitrogen and oxygen atoms in total. The number of halogens is 3. The van der Waals surface area contributed by atoms with E-state index in [9.17, 15) is 22.8 Å². The summed E-state index contributed by atoms with van der Waals surface area (Å²) >= 11 is 2.39. The summed E-state index contributed by atoms with van der Waals surface area (Å²) in [4.78, 5) is 29.2. The Kier molecular flexibility index (Phi) is 6.09. The number of hydrogen-bond acceptors (Lipinski definition) is 5. The van der Waals surface area contributed by atoms with Crippen molar-refractivity contribution in [3.8, 4) is 0 Å². The van der Waals surface area contributed by atoms with Crippen LogP contribution in [0.5, 0.6) is 0 Å². The molecule has 0 atom stereocenters. The van der Waals surface area contributed by atoms with Gasteiger partial charge in [0.2, 0.25) is 5.91 Å². The fraction of sp³-hybridized carbons (Fsp3) is 0.278. The van der Waals surface area contributed by atoms with Crippen LogP contribution in [0.25, 0.3) is 10.2 Å². The predicted octanol–water partition coefficient (Wildman–Crippen LogP) is 4.62. The third kappa shape index (κ3) is 4.56. The highest BCUT2D eigenvalue weighted by Crippen LogP contribution is 2.30. The Morgan fingerprint density at radius 3 is 2.82 bits per heavy atom. The molecule has 0 aliphatic carbocycles. The Morgan fingerprint density at radius 1 is 1.32 bits per heavy atom. The van der Waals surface area contributed by atoms with Crippen LogP contribution in [-0.2, 0) is 17.5 Å². The SMILES string of the molecule is CCCn1c(SCC(=O)Nc2cccc(C(F)(F)F)c2)nc2ccsc2c1=O. The summed E-state index contributed by atoms with van der Waals surface area (Å²) in [7, 11) is 0. The third-order valence-electron chi connectivity index (χ3n) is 3.78. The van der Waals surface area contributed by atoms with Gasteiger partial charge in [0.15, 0.2) is 5.16 Å². The number of alkyl halides is 3. The minimum Gasteiger partial charge on any atom is -0.325 e. The predicted molar refractivity (Wildman–Crippen MR) is 105 cm³/mol. The van der Waals surface area contributed by atoms with E-state index in [0.717, 1.165) is 30.3 Å². The summed E-state index contributed by atoms with van der Waals surface area (Å²) in [5.41, 5.74) is -0.349. The Balaban J connectivity index is 1.74. The summed E-state index contributed by atoms with van der Waals surface area (Å²) in [5, 5.41) is 4.65. The van der Waals surface area contributed by atoms with E-state index in [4.69, 9.17) is 0 Å². The monoisotopic (exact) mass is 427 g/mol. The lowest BCUT2D eigenvalue weighted by molar-refractivity contribution is -0.137. The molecule has 148 valence electrons. The van der Waals surface area contributed by atoms with Crippen LogP contribution in [0.3, 0.4) is 0 Å². The maximum atomic E-state index is 12.8. The van der Waals surface area contributed by atoms with Gasteiger partial charge in [-0.2, -0.15) is 13.2 Å². The summed E-state index contributed by atoms with van der Waals surface area (Å²) < 4.78 is 40.4. The molecule has 0 fully saturated rings. The molecule has 3 rings (SSSR count). The fourth-order valence-corrected chi connectivity index (χ4v) is 4.16. The van der Waals surface area contributed by atoms with Gasteiger partial charge < -0.3 is 5.32 Å². The topological polar surface area (TPSA) is 64.0 Å². The van der Waals surface area contributed by atoms with Crippen LogP contribution >= 0.6 is 23.1 Å². The van der Waals surface area contributed by atoms with Crippen molar-refractivity contribution in [2.75, 3.05) is 11.1 Å². The van der Waals surface area contributed by atoms with E-state index in [1.165, 1.54) is 28.0 Å². The largest absolute Gasteiger partial charge is 0.416 e. The molecule has 1 amide bonds. The summed E-state index contributed by atoms with van der Waals surface area (Å²) in [6.07, 6.45) is -3.76. The number of fused-ring (bicyclic) bond motifs is 1. The van der Waals surface area contributed by atoms with Gasteiger partial charge in [-0.05, 0) is 36.1 Å². The number of rotatable bonds is 6. The Morgan fingerprint density at radius 2 is 2.11 bits per heavy atom. The van der Waals surface area contributed by atoms with Gasteiger partial charge in [-0.25, -0.2) is 4.98 Å². The van der Waals surface area contributed by atoms with E-state index in [0.29, 0.717) is 21.9 Å². The first-order valence-corrected chi connectivity index (χ1v) is 10.2. The van der Waals surface area contributed by atoms with Gasteiger partial charge in [0.05, 0.1) is 16.8 Å². The number of thioether (sulfide) groups is 1. The van der Waals surface area contributed by atoms with Crippen molar-refractivity contribution in [1.82, 2.24) is 9.55 Å². The molecule has 10 heteroatoms. The van der Waals surface area contributed by atoms with Crippen molar-refractivity contribution in [2.24, 2.45) is 0 Å². The van der Waals surface area contributed by atoms with Gasteiger partial charge in [0.1, 0.15) is 4.70 Å². The molecule has 0 aliphatic rings. The summed E-state index contributed by atoms with van der Waals surface area (Å²) in [6, 6.07) is 6.18. The van der Waals surface area contributed by atoms with Crippen molar-refractivity contribution in [2.45, 2.75) is 31.2 Å². The van der Waals surface area contributed by atoms with Crippen LogP contribution in [0, 0.1) is 0 Å². The number of carbonyl (C=O) groups excluding carboxylic acids is 1. The zero-order chi connectivity index (χ0) is 20.3. The molecule has 1 N–H and O–H groups in total. The van der Waals surface area contributed by atoms with Crippen molar-refractivity contribution in [3.05, 3.63) is 51.6 Å². The fourth-order valence-electron chi connectivity index (χ4n) is 2.55. The molecule has 0 radical (unpaired) electrons. The second kappa shape index (κ2) is 8.36. The van der Waals surface area contributed by atoms with Gasteiger partial charge in [-0.1, -0.05) is 24.8 Å². The number of hydrogen-bond donors (Lipinski definition) is 1. The first-order chi connectivity index (χ1) is 13.3. The van der Waals surface area contributed by atoms with Crippen molar-refractivity contribution >= 4 is 44.9 Å². The standard InChI is InChI=1S/C18H16F3N3O2S2/c1-2-7-24-16(26)15-13(6-8-27-15)23-17(24)28-10-14(25)22-12-5-3-4-11(9-12)18(19,20)21/h3-6,8-9H,2,7,10H2,1H3,(H,22,25). The molecule has 0 spiro atoms. The maximum absolute atomic E-state index is 12.8. The second-order valence-electron chi connectivity index (χ2n) is 5.90. The molecule has 0 unspecified atom stereocenters. The Labute approximate surface area is 166 Å². The molecule has 1 aromatic carbocycles. The minimum atomic E-state index is -4.48. The number of amides is 1. The van der Waals surface area contributed by atoms with E-state index in [1.54, 1.807) is 11.4 Å². The van der Waals surface area contributed by atoms with Crippen LogP contribution in [0.1, 0.15) is 18.9 Å². The highest BCUT2D eigenvalue weighted by molar-refractivity contribution is 7.99. The lowest BCUT2D eigenvalue weighted by Crippen LogP contribution is -2.23. The zero-order valence-electron chi connectivity index (χ0n) is 14.7. The minimum absolute atomic E-state index is 0.0626. The highest BCUT2D eigenvalue weighted by atomic mass is 32.2. The second-order valence-corrected chi connectivity index (χ2v) is 7.76. The quantitative estimate of drug-likeness (QED) is 0.461. The van der Waals surface area contributed by atoms with E-state index in [-0.39, 0.29) is 17.0 Å². The van der Waals surface area contributed by atoms with Gasteiger partial charge >= 0.3 is 6.18 Å². The van der Waals surface area contributed by atoms with E-state index in [2.05, 4.69) is 10.3 Å². The Bertz CT molecular complexity index is 1060. The summed E-state index contributed by atoms with van der Waals surface area (Å²) in [6.45, 7) is 2.40. The van der Waals surface area contributed by atoms with E-state index >= 15 is 0 Å². The normalized spacial score (nSPS) is 11.7. The Hall–Kier alpha value is -2.33. The number of benzene rings is 1. The van der Waals surface area contributed by atoms with Crippen molar-refractivity contribution in [3.63, 3.8) is 0 Å². The first kappa shape index (κ1) is 20.4. The molecule has 3 aromatic rings. The van der Waals surface area contributed by atoms with Crippen LogP contribution < -0.4 is 10.9 Å². The highest BCUT2D eigenvalue weighted by Gasteiger charge is 2.30. The molecule has 0 saturated carbocycles. The molecular formula is C18H16F3N3O2S2. The molecule has 0 saturated heterocycles. The smallest absolute Gasteiger partial charge is 0.325 e. The van der Waals surface area contributed by atoms with Gasteiger partial charge in [0, 0.05) is 12.2 Å². The summed E-state index contributed by atoms with van der Waals surface area (Å²) in [5.74, 6) is -0.561. The van der Waals surface area contributed by atoms with Gasteiger partial charge in [-0.3, -0.25) is 14.2 Å². The molecule has 0 bridgehead atoms. The number of nitrogens with one attached hydrogen (secondary N) is 1. The molecular weight excluding hydrogens is 411 g/mol. The van der Waals surface area contributed by atoms with E-state index < -0.39 is 17.6 Å². The number of nitrogens with zero attached hydrogens (tertiary/aromatic N) is 2. The van der Waals surface area contributed by atoms with Crippen LogP contribution in [0.4, 0.5) is 18.9 Å². The number of carbonyl (C=O) groups is 1. The number of anilines is 1. The zero-order valence-corrected chi connectivity index (χ0v) is 16.4.